The summed E-state index contributed by atoms with van der Waals surface area (Å²) in [5, 5.41) is 10.6. The predicted octanol–water partition coefficient (Wildman–Crippen LogP) is 24.8. The molecule has 0 aliphatic carbocycles. The van der Waals surface area contributed by atoms with Crippen LogP contribution in [0.3, 0.4) is 0 Å². The van der Waals surface area contributed by atoms with Gasteiger partial charge in [-0.15, -0.1) is 0 Å². The van der Waals surface area contributed by atoms with Gasteiger partial charge in [0, 0.05) is 25.7 Å². The van der Waals surface area contributed by atoms with Gasteiger partial charge in [-0.05, 0) is 31.6 Å². The Hall–Kier alpha value is -1.94. The van der Waals surface area contributed by atoms with Crippen LogP contribution >= 0.6 is 15.6 Å². The van der Waals surface area contributed by atoms with Gasteiger partial charge in [0.1, 0.15) is 19.3 Å². The SMILES string of the molecule is CCCCCCCCCCCCCCCCCC(=O)OC[C@H](COP(=O)(O)OC[C@@H](O)COP(=O)(O)OC[C@@H](COC(=O)CCCCCCCCCCCCCC)OC(=O)CCCCCCCCCCCCCCC)OC(=O)CCCCCCCCCCCCCCCCCCCCC(C)C. The van der Waals surface area contributed by atoms with E-state index in [4.69, 9.17) is 37.0 Å². The topological polar surface area (TPSA) is 237 Å². The third kappa shape index (κ3) is 76.1. The maximum absolute atomic E-state index is 13.1. The zero-order valence-corrected chi connectivity index (χ0v) is 67.8. The molecule has 0 aliphatic rings. The quantitative estimate of drug-likeness (QED) is 0.0222. The normalized spacial score (nSPS) is 13.8. The molecule has 0 amide bonds. The molecule has 2 unspecified atom stereocenters. The van der Waals surface area contributed by atoms with Gasteiger partial charge in [-0.2, -0.15) is 0 Å². The number of rotatable bonds is 82. The fourth-order valence-corrected chi connectivity index (χ4v) is 14.3. The number of aliphatic hydroxyl groups is 1. The molecule has 17 nitrogen and oxygen atoms in total. The zero-order chi connectivity index (χ0) is 74.1. The standard InChI is InChI=1S/C82H160O17P2/c1-6-9-12-15-18-21-24-27-32-37-41-46-51-56-61-66-80(85)93-72-78(99-82(87)68-63-58-53-48-43-38-34-31-29-28-30-33-36-39-44-49-54-59-64-75(4)5)74-97-101(90,91)95-70-76(83)69-94-100(88,89)96-73-77(71-92-79(84)65-60-55-50-45-40-26-23-20-17-14-11-8-3)98-81(86)67-62-57-52-47-42-35-25-22-19-16-13-10-7-2/h75-78,83H,6-74H2,1-5H3,(H,88,89)(H,90,91)/t76-,77+,78+/m0/s1. The molecule has 0 aromatic carbocycles. The van der Waals surface area contributed by atoms with E-state index in [0.717, 1.165) is 95.8 Å². The van der Waals surface area contributed by atoms with Crippen LogP contribution in [0.5, 0.6) is 0 Å². The lowest BCUT2D eigenvalue weighted by molar-refractivity contribution is -0.161. The Morgan fingerprint density at radius 1 is 0.267 bits per heavy atom. The summed E-state index contributed by atoms with van der Waals surface area (Å²) in [6.07, 6.45) is 66.5. The van der Waals surface area contributed by atoms with E-state index in [1.165, 1.54) is 263 Å². The summed E-state index contributed by atoms with van der Waals surface area (Å²) < 4.78 is 68.8. The molecule has 0 saturated heterocycles. The summed E-state index contributed by atoms with van der Waals surface area (Å²) in [7, 11) is -9.92. The molecule has 101 heavy (non-hydrogen) atoms. The molecule has 0 saturated carbocycles. The van der Waals surface area contributed by atoms with Crippen molar-refractivity contribution in [2.45, 2.75) is 457 Å². The molecule has 3 N–H and O–H groups in total. The van der Waals surface area contributed by atoms with E-state index in [-0.39, 0.29) is 25.7 Å². The molecule has 0 heterocycles. The monoisotopic (exact) mass is 1480 g/mol. The number of carbonyl (C=O) groups excluding carboxylic acids is 4. The lowest BCUT2D eigenvalue weighted by atomic mass is 10.0. The number of phosphoric acid groups is 2. The van der Waals surface area contributed by atoms with Gasteiger partial charge in [0.25, 0.3) is 0 Å². The number of hydrogen-bond acceptors (Lipinski definition) is 15. The van der Waals surface area contributed by atoms with Crippen LogP contribution in [0.25, 0.3) is 0 Å². The number of carbonyl (C=O) groups is 4. The molecule has 0 fully saturated rings. The molecular formula is C82H160O17P2. The van der Waals surface area contributed by atoms with Crippen molar-refractivity contribution in [3.8, 4) is 0 Å². The van der Waals surface area contributed by atoms with Crippen LogP contribution in [0.2, 0.25) is 0 Å². The molecule has 19 heteroatoms. The average Bonchev–Trinajstić information content (AvgIpc) is 0.938. The Labute approximate surface area is 619 Å². The number of ether oxygens (including phenoxy) is 4. The fourth-order valence-electron chi connectivity index (χ4n) is 12.8. The van der Waals surface area contributed by atoms with Crippen molar-refractivity contribution < 1.29 is 80.2 Å². The van der Waals surface area contributed by atoms with Gasteiger partial charge in [-0.3, -0.25) is 37.3 Å². The van der Waals surface area contributed by atoms with Crippen molar-refractivity contribution in [2.24, 2.45) is 5.92 Å². The van der Waals surface area contributed by atoms with Crippen molar-refractivity contribution in [1.29, 1.82) is 0 Å². The second-order valence-electron chi connectivity index (χ2n) is 30.0. The average molecular weight is 1480 g/mol. The highest BCUT2D eigenvalue weighted by Crippen LogP contribution is 2.45. The second-order valence-corrected chi connectivity index (χ2v) is 32.9. The molecular weight excluding hydrogens is 1320 g/mol. The Bertz CT molecular complexity index is 1930. The highest BCUT2D eigenvalue weighted by Gasteiger charge is 2.30. The molecule has 0 rings (SSSR count). The van der Waals surface area contributed by atoms with Gasteiger partial charge in [-0.25, -0.2) is 9.13 Å². The smallest absolute Gasteiger partial charge is 0.462 e. The van der Waals surface area contributed by atoms with E-state index in [1.54, 1.807) is 0 Å². The lowest BCUT2D eigenvalue weighted by Crippen LogP contribution is -2.30. The van der Waals surface area contributed by atoms with E-state index < -0.39 is 97.5 Å². The number of hydrogen-bond donors (Lipinski definition) is 3. The van der Waals surface area contributed by atoms with E-state index in [9.17, 15) is 43.2 Å². The van der Waals surface area contributed by atoms with Gasteiger partial charge in [0.2, 0.25) is 0 Å². The Morgan fingerprint density at radius 3 is 0.673 bits per heavy atom. The molecule has 0 radical (unpaired) electrons. The van der Waals surface area contributed by atoms with Gasteiger partial charge in [0.15, 0.2) is 12.2 Å². The number of aliphatic hydroxyl groups excluding tert-OH is 1. The minimum atomic E-state index is -4.96. The van der Waals surface area contributed by atoms with Gasteiger partial charge < -0.3 is 33.8 Å². The van der Waals surface area contributed by atoms with E-state index in [2.05, 4.69) is 34.6 Å². The highest BCUT2D eigenvalue weighted by molar-refractivity contribution is 7.47. The molecule has 0 spiro atoms. The fraction of sp³-hybridized carbons (Fsp3) is 0.951. The number of phosphoric ester groups is 2. The molecule has 0 bridgehead atoms. The van der Waals surface area contributed by atoms with Crippen molar-refractivity contribution in [3.05, 3.63) is 0 Å². The van der Waals surface area contributed by atoms with Gasteiger partial charge >= 0.3 is 39.5 Å². The summed E-state index contributed by atoms with van der Waals surface area (Å²) in [6.45, 7) is 7.38. The Kier molecular flexibility index (Phi) is 73.5. The first-order valence-corrected chi connectivity index (χ1v) is 45.6. The third-order valence-corrected chi connectivity index (χ3v) is 21.2. The lowest BCUT2D eigenvalue weighted by Gasteiger charge is -2.21. The second kappa shape index (κ2) is 74.9. The maximum Gasteiger partial charge on any atom is 0.472 e. The summed E-state index contributed by atoms with van der Waals surface area (Å²) in [5.41, 5.74) is 0. The van der Waals surface area contributed by atoms with Crippen LogP contribution in [0.1, 0.15) is 439 Å². The van der Waals surface area contributed by atoms with Crippen LogP contribution in [0.4, 0.5) is 0 Å². The molecule has 600 valence electrons. The minimum Gasteiger partial charge on any atom is -0.462 e. The van der Waals surface area contributed by atoms with E-state index in [1.807, 2.05) is 0 Å². The van der Waals surface area contributed by atoms with Crippen LogP contribution < -0.4 is 0 Å². The maximum atomic E-state index is 13.1. The zero-order valence-electron chi connectivity index (χ0n) is 66.1. The first kappa shape index (κ1) is 99.1. The van der Waals surface area contributed by atoms with Crippen molar-refractivity contribution in [3.63, 3.8) is 0 Å². The van der Waals surface area contributed by atoms with Gasteiger partial charge in [0.05, 0.1) is 26.4 Å². The molecule has 0 aromatic rings. The van der Waals surface area contributed by atoms with Crippen LogP contribution in [-0.2, 0) is 65.4 Å². The summed E-state index contributed by atoms with van der Waals surface area (Å²) in [5.74, 6) is -1.28. The van der Waals surface area contributed by atoms with Crippen molar-refractivity contribution in [2.75, 3.05) is 39.6 Å². The number of unbranched alkanes of at least 4 members (excludes halogenated alkanes) is 54. The Balaban J connectivity index is 5.23. The summed E-state index contributed by atoms with van der Waals surface area (Å²) >= 11 is 0. The first-order chi connectivity index (χ1) is 49.0. The van der Waals surface area contributed by atoms with Crippen molar-refractivity contribution >= 4 is 39.5 Å². The highest BCUT2D eigenvalue weighted by atomic mass is 31.2. The molecule has 0 aliphatic heterocycles. The van der Waals surface area contributed by atoms with Crippen LogP contribution in [0.15, 0.2) is 0 Å². The minimum absolute atomic E-state index is 0.108. The first-order valence-electron chi connectivity index (χ1n) is 42.6. The van der Waals surface area contributed by atoms with Crippen molar-refractivity contribution in [1.82, 2.24) is 0 Å². The third-order valence-electron chi connectivity index (χ3n) is 19.3. The van der Waals surface area contributed by atoms with Crippen LogP contribution in [0, 0.1) is 5.92 Å². The van der Waals surface area contributed by atoms with E-state index >= 15 is 0 Å². The molecule has 0 aromatic heterocycles. The van der Waals surface area contributed by atoms with E-state index in [0.29, 0.717) is 25.7 Å². The summed E-state index contributed by atoms with van der Waals surface area (Å²) in [6, 6.07) is 0. The predicted molar refractivity (Wildman–Crippen MR) is 414 cm³/mol. The number of esters is 4. The Morgan fingerprint density at radius 2 is 0.455 bits per heavy atom. The molecule has 5 atom stereocenters. The van der Waals surface area contributed by atoms with Crippen LogP contribution in [-0.4, -0.2) is 96.7 Å². The summed E-state index contributed by atoms with van der Waals surface area (Å²) in [4.78, 5) is 73.1. The largest absolute Gasteiger partial charge is 0.472 e. The van der Waals surface area contributed by atoms with Gasteiger partial charge in [-0.1, -0.05) is 388 Å².